The Morgan fingerprint density at radius 1 is 1.26 bits per heavy atom. The van der Waals surface area contributed by atoms with Crippen molar-refractivity contribution >= 4 is 0 Å². The van der Waals surface area contributed by atoms with E-state index in [1.807, 2.05) is 0 Å². The zero-order valence-electron chi connectivity index (χ0n) is 12.8. The van der Waals surface area contributed by atoms with Crippen LogP contribution < -0.4 is 5.32 Å². The highest BCUT2D eigenvalue weighted by Crippen LogP contribution is 2.35. The van der Waals surface area contributed by atoms with Gasteiger partial charge in [-0.2, -0.15) is 0 Å². The van der Waals surface area contributed by atoms with Crippen LogP contribution in [0.4, 0.5) is 0 Å². The Bertz CT molecular complexity index is 267. The van der Waals surface area contributed by atoms with E-state index in [9.17, 15) is 5.11 Å². The molecule has 19 heavy (non-hydrogen) atoms. The van der Waals surface area contributed by atoms with Crippen LogP contribution in [0.3, 0.4) is 0 Å². The lowest BCUT2D eigenvalue weighted by molar-refractivity contribution is 0.119. The molecule has 2 fully saturated rings. The topological polar surface area (TPSA) is 35.5 Å². The number of rotatable bonds is 8. The number of hydrogen-bond acceptors (Lipinski definition) is 3. The Morgan fingerprint density at radius 2 is 2.05 bits per heavy atom. The Hall–Kier alpha value is -0.120. The molecule has 0 spiro atoms. The molecule has 2 aliphatic carbocycles. The first-order valence-electron chi connectivity index (χ1n) is 8.33. The average Bonchev–Trinajstić information content (AvgIpc) is 2.80. The van der Waals surface area contributed by atoms with Crippen LogP contribution in [0.2, 0.25) is 0 Å². The van der Waals surface area contributed by atoms with E-state index in [2.05, 4.69) is 24.1 Å². The molecule has 0 heterocycles. The molecule has 0 aromatic heterocycles. The normalized spacial score (nSPS) is 31.9. The molecular formula is C16H32N2O. The predicted octanol–water partition coefficient (Wildman–Crippen LogP) is 2.39. The van der Waals surface area contributed by atoms with Gasteiger partial charge in [0.2, 0.25) is 0 Å². The van der Waals surface area contributed by atoms with Gasteiger partial charge in [-0.25, -0.2) is 0 Å². The van der Waals surface area contributed by atoms with Gasteiger partial charge in [0.15, 0.2) is 0 Å². The number of nitrogens with one attached hydrogen (secondary N) is 1. The summed E-state index contributed by atoms with van der Waals surface area (Å²) in [5, 5.41) is 13.4. The summed E-state index contributed by atoms with van der Waals surface area (Å²) in [4.78, 5) is 2.68. The van der Waals surface area contributed by atoms with Crippen molar-refractivity contribution in [3.63, 3.8) is 0 Å². The Balaban J connectivity index is 1.86. The van der Waals surface area contributed by atoms with Crippen molar-refractivity contribution in [2.75, 3.05) is 26.2 Å². The lowest BCUT2D eigenvalue weighted by Crippen LogP contribution is -2.48. The van der Waals surface area contributed by atoms with Gasteiger partial charge < -0.3 is 15.3 Å². The molecule has 0 saturated heterocycles. The monoisotopic (exact) mass is 268 g/mol. The summed E-state index contributed by atoms with van der Waals surface area (Å²) in [5.41, 5.74) is 0.00765. The fraction of sp³-hybridized carbons (Fsp3) is 1.00. The van der Waals surface area contributed by atoms with Crippen molar-refractivity contribution in [2.24, 2.45) is 5.92 Å². The van der Waals surface area contributed by atoms with Crippen molar-refractivity contribution in [3.05, 3.63) is 0 Å². The van der Waals surface area contributed by atoms with Gasteiger partial charge in [0.1, 0.15) is 0 Å². The summed E-state index contributed by atoms with van der Waals surface area (Å²) in [7, 11) is 0. The fourth-order valence-corrected chi connectivity index (χ4v) is 3.70. The zero-order valence-corrected chi connectivity index (χ0v) is 12.8. The summed E-state index contributed by atoms with van der Waals surface area (Å²) in [6.45, 7) is 8.26. The number of aliphatic hydroxyl groups excluding tert-OH is 1. The van der Waals surface area contributed by atoms with Crippen LogP contribution in [0.15, 0.2) is 0 Å². The first-order valence-corrected chi connectivity index (χ1v) is 8.33. The van der Waals surface area contributed by atoms with Crippen LogP contribution in [0.5, 0.6) is 0 Å². The summed E-state index contributed by atoms with van der Waals surface area (Å²) < 4.78 is 0. The summed E-state index contributed by atoms with van der Waals surface area (Å²) in [6.07, 6.45) is 8.96. The third-order valence-corrected chi connectivity index (χ3v) is 5.28. The van der Waals surface area contributed by atoms with Crippen LogP contribution in [-0.2, 0) is 0 Å². The number of nitrogens with zero attached hydrogens (tertiary/aromatic N) is 1. The van der Waals surface area contributed by atoms with E-state index in [1.165, 1.54) is 32.2 Å². The summed E-state index contributed by atoms with van der Waals surface area (Å²) in [6, 6.07) is 0.683. The van der Waals surface area contributed by atoms with Gasteiger partial charge >= 0.3 is 0 Å². The molecule has 2 N–H and O–H groups in total. The maximum Gasteiger partial charge on any atom is 0.0613 e. The molecule has 2 rings (SSSR count). The number of hydrogen-bond donors (Lipinski definition) is 2. The molecule has 2 atom stereocenters. The van der Waals surface area contributed by atoms with Crippen molar-refractivity contribution < 1.29 is 5.11 Å². The minimum Gasteiger partial charge on any atom is -0.394 e. The summed E-state index contributed by atoms with van der Waals surface area (Å²) in [5.74, 6) is 0.952. The molecule has 2 aliphatic rings. The van der Waals surface area contributed by atoms with E-state index in [0.717, 1.165) is 38.3 Å². The Kier molecular flexibility index (Phi) is 5.67. The maximum absolute atomic E-state index is 9.77. The van der Waals surface area contributed by atoms with Gasteiger partial charge in [0.25, 0.3) is 0 Å². The van der Waals surface area contributed by atoms with E-state index in [0.29, 0.717) is 12.6 Å². The van der Waals surface area contributed by atoms with E-state index < -0.39 is 0 Å². The highest BCUT2D eigenvalue weighted by molar-refractivity contribution is 4.99. The predicted molar refractivity (Wildman–Crippen MR) is 80.3 cm³/mol. The van der Waals surface area contributed by atoms with Crippen LogP contribution in [0.1, 0.15) is 58.8 Å². The first kappa shape index (κ1) is 15.3. The molecule has 3 heteroatoms. The Labute approximate surface area is 118 Å². The highest BCUT2D eigenvalue weighted by Gasteiger charge is 2.40. The minimum absolute atomic E-state index is 0.00765. The second-order valence-electron chi connectivity index (χ2n) is 6.65. The number of aliphatic hydroxyl groups is 1. The van der Waals surface area contributed by atoms with Gasteiger partial charge in [-0.15, -0.1) is 0 Å². The fourth-order valence-electron chi connectivity index (χ4n) is 3.70. The molecule has 0 aromatic rings. The van der Waals surface area contributed by atoms with E-state index >= 15 is 0 Å². The molecule has 0 radical (unpaired) electrons. The van der Waals surface area contributed by atoms with Crippen molar-refractivity contribution in [1.82, 2.24) is 10.2 Å². The van der Waals surface area contributed by atoms with Crippen LogP contribution in [-0.4, -0.2) is 47.8 Å². The van der Waals surface area contributed by atoms with Crippen LogP contribution >= 0.6 is 0 Å². The van der Waals surface area contributed by atoms with Gasteiger partial charge in [-0.05, 0) is 57.5 Å². The molecule has 0 aliphatic heterocycles. The van der Waals surface area contributed by atoms with Crippen molar-refractivity contribution in [1.29, 1.82) is 0 Å². The molecule has 0 bridgehead atoms. The van der Waals surface area contributed by atoms with Gasteiger partial charge in [-0.1, -0.05) is 20.3 Å². The molecule has 2 unspecified atom stereocenters. The summed E-state index contributed by atoms with van der Waals surface area (Å²) >= 11 is 0. The standard InChI is InChI=1S/C16H32N2O/c1-3-10-17-16(13-19)9-8-15(11-16)18(4-2)12-14-6-5-7-14/h14-15,17,19H,3-13H2,1-2H3. The van der Waals surface area contributed by atoms with Gasteiger partial charge in [-0.3, -0.25) is 0 Å². The molecule has 0 aromatic carbocycles. The second-order valence-corrected chi connectivity index (χ2v) is 6.65. The maximum atomic E-state index is 9.77. The zero-order chi connectivity index (χ0) is 13.7. The highest BCUT2D eigenvalue weighted by atomic mass is 16.3. The smallest absolute Gasteiger partial charge is 0.0613 e. The van der Waals surface area contributed by atoms with Crippen molar-refractivity contribution in [3.8, 4) is 0 Å². The average molecular weight is 268 g/mol. The SMILES string of the molecule is CCCNC1(CO)CCC(N(CC)CC2CCC2)C1. The minimum atomic E-state index is 0.00765. The molecule has 112 valence electrons. The van der Waals surface area contributed by atoms with E-state index in [-0.39, 0.29) is 5.54 Å². The van der Waals surface area contributed by atoms with E-state index in [4.69, 9.17) is 0 Å². The van der Waals surface area contributed by atoms with Gasteiger partial charge in [0, 0.05) is 18.1 Å². The van der Waals surface area contributed by atoms with Gasteiger partial charge in [0.05, 0.1) is 6.61 Å². The lowest BCUT2D eigenvalue weighted by atomic mass is 9.84. The molecule has 3 nitrogen and oxygen atoms in total. The second kappa shape index (κ2) is 7.05. The van der Waals surface area contributed by atoms with Crippen LogP contribution in [0.25, 0.3) is 0 Å². The largest absolute Gasteiger partial charge is 0.394 e. The molecule has 0 amide bonds. The quantitative estimate of drug-likeness (QED) is 0.709. The Morgan fingerprint density at radius 3 is 2.58 bits per heavy atom. The van der Waals surface area contributed by atoms with Crippen LogP contribution in [0, 0.1) is 5.92 Å². The third-order valence-electron chi connectivity index (χ3n) is 5.28. The molecule has 2 saturated carbocycles. The first-order chi connectivity index (χ1) is 9.23. The lowest BCUT2D eigenvalue weighted by Gasteiger charge is -2.36. The molecular weight excluding hydrogens is 236 g/mol. The van der Waals surface area contributed by atoms with Crippen molar-refractivity contribution in [2.45, 2.75) is 70.4 Å². The third kappa shape index (κ3) is 3.71. The van der Waals surface area contributed by atoms with E-state index in [1.54, 1.807) is 0 Å².